The zero-order chi connectivity index (χ0) is 16.0. The van der Waals surface area contributed by atoms with Gasteiger partial charge in [-0.3, -0.25) is 9.59 Å². The molecule has 0 spiro atoms. The molecule has 0 saturated heterocycles. The van der Waals surface area contributed by atoms with Crippen LogP contribution in [-0.4, -0.2) is 28.8 Å². The molecule has 0 aliphatic carbocycles. The van der Waals surface area contributed by atoms with Crippen LogP contribution < -0.4 is 0 Å². The quantitative estimate of drug-likeness (QED) is 0.596. The highest BCUT2D eigenvalue weighted by atomic mass is 16.5. The van der Waals surface area contributed by atoms with Crippen molar-refractivity contribution < 1.29 is 24.5 Å². The van der Waals surface area contributed by atoms with Crippen LogP contribution in [0.5, 0.6) is 5.75 Å². The molecule has 0 fully saturated rings. The lowest BCUT2D eigenvalue weighted by Gasteiger charge is -2.29. The summed E-state index contributed by atoms with van der Waals surface area (Å²) in [5, 5.41) is 18.9. The van der Waals surface area contributed by atoms with E-state index in [2.05, 4.69) is 0 Å². The van der Waals surface area contributed by atoms with Gasteiger partial charge in [-0.05, 0) is 43.4 Å². The van der Waals surface area contributed by atoms with Gasteiger partial charge in [0.1, 0.15) is 5.75 Å². The van der Waals surface area contributed by atoms with Crippen molar-refractivity contribution in [2.45, 2.75) is 33.6 Å². The Balaban J connectivity index is 3.17. The minimum absolute atomic E-state index is 0.0302. The largest absolute Gasteiger partial charge is 0.508 e. The van der Waals surface area contributed by atoms with Gasteiger partial charge in [-0.15, -0.1) is 0 Å². The molecule has 5 heteroatoms. The molecule has 116 valence electrons. The van der Waals surface area contributed by atoms with E-state index in [0.717, 1.165) is 0 Å². The number of aliphatic carboxylic acids is 1. The highest BCUT2D eigenvalue weighted by Crippen LogP contribution is 2.33. The second-order valence-corrected chi connectivity index (χ2v) is 5.55. The molecule has 0 aliphatic heterocycles. The monoisotopic (exact) mass is 294 g/mol. The minimum Gasteiger partial charge on any atom is -0.508 e. The molecule has 0 amide bonds. The molecule has 0 aliphatic rings. The molecular weight excluding hydrogens is 272 g/mol. The molecule has 2 N–H and O–H groups in total. The Hall–Kier alpha value is -2.04. The predicted molar refractivity (Wildman–Crippen MR) is 78.0 cm³/mol. The molecule has 5 nitrogen and oxygen atoms in total. The van der Waals surface area contributed by atoms with Crippen molar-refractivity contribution in [3.63, 3.8) is 0 Å². The highest BCUT2D eigenvalue weighted by molar-refractivity contribution is 5.99. The van der Waals surface area contributed by atoms with E-state index < -0.39 is 17.4 Å². The number of carboxylic acid groups (broad SMARTS) is 1. The van der Waals surface area contributed by atoms with E-state index in [1.54, 1.807) is 19.1 Å². The van der Waals surface area contributed by atoms with Crippen molar-refractivity contribution >= 4 is 11.9 Å². The third-order valence-corrected chi connectivity index (χ3v) is 3.27. The average molecular weight is 294 g/mol. The molecule has 0 heterocycles. The third kappa shape index (κ3) is 4.21. The number of ether oxygens (including phenoxy) is 1. The Labute approximate surface area is 124 Å². The summed E-state index contributed by atoms with van der Waals surface area (Å²) < 4.78 is 5.00. The molecule has 0 saturated carbocycles. The maximum absolute atomic E-state index is 12.3. The molecule has 1 unspecified atom stereocenters. The van der Waals surface area contributed by atoms with Crippen LogP contribution in [0.15, 0.2) is 24.3 Å². The SMILES string of the molecule is CCOC(=O)C(Cc1ccc(O)cc1)(CC(C)C)C(=O)O. The summed E-state index contributed by atoms with van der Waals surface area (Å²) in [4.78, 5) is 24.1. The topological polar surface area (TPSA) is 83.8 Å². The number of esters is 1. The number of aromatic hydroxyl groups is 1. The fourth-order valence-electron chi connectivity index (χ4n) is 2.41. The highest BCUT2D eigenvalue weighted by Gasteiger charge is 2.48. The maximum Gasteiger partial charge on any atom is 0.323 e. The van der Waals surface area contributed by atoms with Crippen LogP contribution >= 0.6 is 0 Å². The van der Waals surface area contributed by atoms with Gasteiger partial charge in [0.25, 0.3) is 0 Å². The van der Waals surface area contributed by atoms with Crippen LogP contribution in [0.4, 0.5) is 0 Å². The first kappa shape index (κ1) is 17.0. The van der Waals surface area contributed by atoms with E-state index in [1.807, 2.05) is 13.8 Å². The van der Waals surface area contributed by atoms with E-state index in [1.165, 1.54) is 12.1 Å². The second kappa shape index (κ2) is 7.11. The van der Waals surface area contributed by atoms with Crippen molar-refractivity contribution in [1.82, 2.24) is 0 Å². The van der Waals surface area contributed by atoms with E-state index >= 15 is 0 Å². The Bertz CT molecular complexity index is 492. The van der Waals surface area contributed by atoms with Crippen molar-refractivity contribution in [2.24, 2.45) is 11.3 Å². The lowest BCUT2D eigenvalue weighted by molar-refractivity contribution is -0.170. The van der Waals surface area contributed by atoms with E-state index in [4.69, 9.17) is 4.74 Å². The van der Waals surface area contributed by atoms with E-state index in [-0.39, 0.29) is 31.1 Å². The summed E-state index contributed by atoms with van der Waals surface area (Å²) in [5.74, 6) is -1.76. The van der Waals surface area contributed by atoms with Crippen molar-refractivity contribution in [2.75, 3.05) is 6.61 Å². The summed E-state index contributed by atoms with van der Waals surface area (Å²) in [6, 6.07) is 6.18. The first-order valence-corrected chi connectivity index (χ1v) is 7.00. The fourth-order valence-corrected chi connectivity index (χ4v) is 2.41. The van der Waals surface area contributed by atoms with Gasteiger partial charge in [0.15, 0.2) is 5.41 Å². The summed E-state index contributed by atoms with van der Waals surface area (Å²) >= 11 is 0. The van der Waals surface area contributed by atoms with Crippen LogP contribution in [-0.2, 0) is 20.7 Å². The van der Waals surface area contributed by atoms with Crippen LogP contribution in [0, 0.1) is 11.3 Å². The number of hydrogen-bond acceptors (Lipinski definition) is 4. The Morgan fingerprint density at radius 1 is 1.24 bits per heavy atom. The van der Waals surface area contributed by atoms with E-state index in [9.17, 15) is 19.8 Å². The molecule has 0 radical (unpaired) electrons. The van der Waals surface area contributed by atoms with Crippen molar-refractivity contribution in [3.8, 4) is 5.75 Å². The van der Waals surface area contributed by atoms with Crippen LogP contribution in [0.2, 0.25) is 0 Å². The Morgan fingerprint density at radius 3 is 2.24 bits per heavy atom. The van der Waals surface area contributed by atoms with Crippen LogP contribution in [0.1, 0.15) is 32.8 Å². The van der Waals surface area contributed by atoms with Crippen LogP contribution in [0.25, 0.3) is 0 Å². The zero-order valence-corrected chi connectivity index (χ0v) is 12.6. The number of rotatable bonds is 7. The molecule has 1 aromatic carbocycles. The number of carboxylic acids is 1. The molecule has 1 aromatic rings. The molecule has 0 bridgehead atoms. The zero-order valence-electron chi connectivity index (χ0n) is 12.6. The van der Waals surface area contributed by atoms with Gasteiger partial charge in [-0.25, -0.2) is 0 Å². The third-order valence-electron chi connectivity index (χ3n) is 3.27. The summed E-state index contributed by atoms with van der Waals surface area (Å²) in [6.07, 6.45) is 0.238. The van der Waals surface area contributed by atoms with Gasteiger partial charge < -0.3 is 14.9 Å². The fraction of sp³-hybridized carbons (Fsp3) is 0.500. The Morgan fingerprint density at radius 2 is 1.81 bits per heavy atom. The molecule has 0 aromatic heterocycles. The maximum atomic E-state index is 12.3. The number of benzene rings is 1. The standard InChI is InChI=1S/C16H22O5/c1-4-21-15(20)16(14(18)19,9-11(2)3)10-12-5-7-13(17)8-6-12/h5-8,11,17H,4,9-10H2,1-3H3,(H,18,19). The second-order valence-electron chi connectivity index (χ2n) is 5.55. The van der Waals surface area contributed by atoms with Gasteiger partial charge in [0.05, 0.1) is 6.61 Å². The van der Waals surface area contributed by atoms with Gasteiger partial charge in [0.2, 0.25) is 0 Å². The van der Waals surface area contributed by atoms with E-state index in [0.29, 0.717) is 5.56 Å². The lowest BCUT2D eigenvalue weighted by atomic mass is 9.75. The van der Waals surface area contributed by atoms with Crippen molar-refractivity contribution in [3.05, 3.63) is 29.8 Å². The van der Waals surface area contributed by atoms with Gasteiger partial charge in [0, 0.05) is 0 Å². The van der Waals surface area contributed by atoms with Gasteiger partial charge in [-0.1, -0.05) is 26.0 Å². The number of phenols is 1. The molecule has 1 atom stereocenters. The number of carbonyl (C=O) groups excluding carboxylic acids is 1. The normalized spacial score (nSPS) is 13.7. The van der Waals surface area contributed by atoms with Crippen molar-refractivity contribution in [1.29, 1.82) is 0 Å². The number of carbonyl (C=O) groups is 2. The van der Waals surface area contributed by atoms with Gasteiger partial charge in [-0.2, -0.15) is 0 Å². The first-order chi connectivity index (χ1) is 9.81. The van der Waals surface area contributed by atoms with Gasteiger partial charge >= 0.3 is 11.9 Å². The smallest absolute Gasteiger partial charge is 0.323 e. The minimum atomic E-state index is -1.60. The molecule has 21 heavy (non-hydrogen) atoms. The Kier molecular flexibility index (Phi) is 5.76. The first-order valence-electron chi connectivity index (χ1n) is 7.00. The summed E-state index contributed by atoms with van der Waals surface area (Å²) in [6.45, 7) is 5.53. The average Bonchev–Trinajstić information content (AvgIpc) is 2.40. The molecule has 1 rings (SSSR count). The molecular formula is C16H22O5. The summed E-state index contributed by atoms with van der Waals surface area (Å²) in [5.41, 5.74) is -0.926. The predicted octanol–water partition coefficient (Wildman–Crippen LogP) is 2.61. The van der Waals surface area contributed by atoms with Crippen LogP contribution in [0.3, 0.4) is 0 Å². The number of hydrogen-bond donors (Lipinski definition) is 2. The summed E-state index contributed by atoms with van der Waals surface area (Å²) in [7, 11) is 0. The number of phenolic OH excluding ortho intramolecular Hbond substituents is 1. The lowest BCUT2D eigenvalue weighted by Crippen LogP contribution is -2.43.